The van der Waals surface area contributed by atoms with Gasteiger partial charge in [-0.05, 0) is 24.3 Å². The summed E-state index contributed by atoms with van der Waals surface area (Å²) in [4.78, 5) is 21.3. The predicted octanol–water partition coefficient (Wildman–Crippen LogP) is 2.14. The molecule has 0 unspecified atom stereocenters. The maximum absolute atomic E-state index is 10.7. The van der Waals surface area contributed by atoms with Gasteiger partial charge in [0.1, 0.15) is 37.8 Å². The molecule has 2 aromatic carbocycles. The van der Waals surface area contributed by atoms with Crippen LogP contribution in [0.5, 0.6) is 11.5 Å². The Kier molecular flexibility index (Phi) is 7.11. The third-order valence-electron chi connectivity index (χ3n) is 3.23. The second kappa shape index (κ2) is 9.77. The summed E-state index contributed by atoms with van der Waals surface area (Å²) in [7, 11) is 0. The highest BCUT2D eigenvalue weighted by Crippen LogP contribution is 2.25. The Bertz CT molecular complexity index is 686. The topological polar surface area (TPSA) is 117 Å². The normalized spacial score (nSPS) is 10.0. The fourth-order valence-corrected chi connectivity index (χ4v) is 2.12. The van der Waals surface area contributed by atoms with Gasteiger partial charge in [-0.15, -0.1) is 0 Å². The van der Waals surface area contributed by atoms with Crippen molar-refractivity contribution in [3.8, 4) is 11.5 Å². The molecule has 0 aromatic heterocycles. The molecule has 0 fully saturated rings. The van der Waals surface area contributed by atoms with E-state index in [1.807, 2.05) is 0 Å². The molecule has 2 aromatic rings. The third-order valence-corrected chi connectivity index (χ3v) is 3.23. The standard InChI is InChI=1S/C18H20N2O6/c21-17(22)11-19-13-5-1-3-7-15(13)25-9-10-26-16-8-4-2-6-14(16)20-12-18(23)24/h1-8,19-20H,9-12H2,(H,21,22)(H,23,24). The first kappa shape index (κ1) is 18.9. The van der Waals surface area contributed by atoms with Crippen molar-refractivity contribution in [1.29, 1.82) is 0 Å². The minimum absolute atomic E-state index is 0.209. The van der Waals surface area contributed by atoms with Crippen molar-refractivity contribution in [1.82, 2.24) is 0 Å². The van der Waals surface area contributed by atoms with E-state index in [1.165, 1.54) is 0 Å². The SMILES string of the molecule is O=C(O)CNc1ccccc1OCCOc1ccccc1NCC(=O)O. The van der Waals surface area contributed by atoms with Gasteiger partial charge in [0, 0.05) is 0 Å². The lowest BCUT2D eigenvalue weighted by Crippen LogP contribution is -2.15. The van der Waals surface area contributed by atoms with Crippen molar-refractivity contribution in [3.05, 3.63) is 48.5 Å². The van der Waals surface area contributed by atoms with E-state index >= 15 is 0 Å². The highest BCUT2D eigenvalue weighted by atomic mass is 16.5. The summed E-state index contributed by atoms with van der Waals surface area (Å²) in [5.41, 5.74) is 1.16. The first-order valence-corrected chi connectivity index (χ1v) is 7.91. The number of hydrogen-bond donors (Lipinski definition) is 4. The molecule has 4 N–H and O–H groups in total. The van der Waals surface area contributed by atoms with Crippen LogP contribution in [0, 0.1) is 0 Å². The monoisotopic (exact) mass is 360 g/mol. The van der Waals surface area contributed by atoms with Gasteiger partial charge in [0.2, 0.25) is 0 Å². The van der Waals surface area contributed by atoms with Crippen molar-refractivity contribution < 1.29 is 29.3 Å². The van der Waals surface area contributed by atoms with Crippen molar-refractivity contribution in [3.63, 3.8) is 0 Å². The molecule has 8 nitrogen and oxygen atoms in total. The minimum atomic E-state index is -0.964. The van der Waals surface area contributed by atoms with Crippen LogP contribution in [0.4, 0.5) is 11.4 Å². The van der Waals surface area contributed by atoms with Crippen molar-refractivity contribution in [2.75, 3.05) is 36.9 Å². The molecule has 0 saturated heterocycles. The summed E-state index contributed by atoms with van der Waals surface area (Å²) >= 11 is 0. The number of aliphatic carboxylic acids is 2. The molecule has 0 amide bonds. The number of benzene rings is 2. The van der Waals surface area contributed by atoms with Crippen LogP contribution in [0.2, 0.25) is 0 Å². The van der Waals surface area contributed by atoms with Gasteiger partial charge in [-0.2, -0.15) is 0 Å². The van der Waals surface area contributed by atoms with E-state index in [0.717, 1.165) is 0 Å². The lowest BCUT2D eigenvalue weighted by molar-refractivity contribution is -0.135. The van der Waals surface area contributed by atoms with E-state index in [4.69, 9.17) is 19.7 Å². The zero-order valence-electron chi connectivity index (χ0n) is 14.0. The molecule has 0 aliphatic heterocycles. The minimum Gasteiger partial charge on any atom is -0.488 e. The van der Waals surface area contributed by atoms with E-state index in [9.17, 15) is 9.59 Å². The molecular weight excluding hydrogens is 340 g/mol. The molecule has 26 heavy (non-hydrogen) atoms. The van der Waals surface area contributed by atoms with Gasteiger partial charge in [0.05, 0.1) is 11.4 Å². The summed E-state index contributed by atoms with van der Waals surface area (Å²) in [6, 6.07) is 14.0. The number of carboxylic acids is 2. The number of hydrogen-bond acceptors (Lipinski definition) is 6. The lowest BCUT2D eigenvalue weighted by atomic mass is 10.3. The van der Waals surface area contributed by atoms with E-state index < -0.39 is 11.9 Å². The molecule has 0 saturated carbocycles. The van der Waals surface area contributed by atoms with Crippen molar-refractivity contribution in [2.24, 2.45) is 0 Å². The number of ether oxygens (including phenoxy) is 2. The summed E-state index contributed by atoms with van der Waals surface area (Å²) in [5.74, 6) is -0.883. The van der Waals surface area contributed by atoms with Crippen LogP contribution in [0.15, 0.2) is 48.5 Å². The average molecular weight is 360 g/mol. The van der Waals surface area contributed by atoms with E-state index in [0.29, 0.717) is 22.9 Å². The lowest BCUT2D eigenvalue weighted by Gasteiger charge is -2.14. The second-order valence-corrected chi connectivity index (χ2v) is 5.18. The van der Waals surface area contributed by atoms with Crippen LogP contribution in [0.3, 0.4) is 0 Å². The Morgan fingerprint density at radius 3 is 1.50 bits per heavy atom. The van der Waals surface area contributed by atoms with Crippen LogP contribution in [-0.2, 0) is 9.59 Å². The first-order chi connectivity index (χ1) is 12.6. The van der Waals surface area contributed by atoms with Gasteiger partial charge in [0.15, 0.2) is 0 Å². The van der Waals surface area contributed by atoms with Gasteiger partial charge >= 0.3 is 11.9 Å². The number of para-hydroxylation sites is 4. The fraction of sp³-hybridized carbons (Fsp3) is 0.222. The Morgan fingerprint density at radius 2 is 1.12 bits per heavy atom. The Morgan fingerprint density at radius 1 is 0.731 bits per heavy atom. The molecule has 0 spiro atoms. The summed E-state index contributed by atoms with van der Waals surface area (Å²) in [6.07, 6.45) is 0. The smallest absolute Gasteiger partial charge is 0.322 e. The maximum atomic E-state index is 10.7. The van der Waals surface area contributed by atoms with Crippen LogP contribution in [-0.4, -0.2) is 48.5 Å². The van der Waals surface area contributed by atoms with Gasteiger partial charge in [-0.1, -0.05) is 24.3 Å². The molecular formula is C18H20N2O6. The highest BCUT2D eigenvalue weighted by molar-refractivity contribution is 5.74. The number of nitrogens with one attached hydrogen (secondary N) is 2. The van der Waals surface area contributed by atoms with Crippen molar-refractivity contribution >= 4 is 23.3 Å². The van der Waals surface area contributed by atoms with Gasteiger partial charge in [-0.3, -0.25) is 9.59 Å². The number of rotatable bonds is 11. The molecule has 0 radical (unpaired) electrons. The fourth-order valence-electron chi connectivity index (χ4n) is 2.12. The molecule has 2 rings (SSSR count). The van der Waals surface area contributed by atoms with Crippen LogP contribution < -0.4 is 20.1 Å². The Labute approximate surface area is 150 Å². The molecule has 0 atom stereocenters. The van der Waals surface area contributed by atoms with Crippen LogP contribution in [0.25, 0.3) is 0 Å². The molecule has 0 aliphatic rings. The zero-order chi connectivity index (χ0) is 18.8. The highest BCUT2D eigenvalue weighted by Gasteiger charge is 2.06. The van der Waals surface area contributed by atoms with E-state index in [1.54, 1.807) is 48.5 Å². The molecule has 0 aliphatic carbocycles. The number of anilines is 2. The molecule has 8 heteroatoms. The Balaban J connectivity index is 1.86. The predicted molar refractivity (Wildman–Crippen MR) is 96.1 cm³/mol. The van der Waals surface area contributed by atoms with E-state index in [2.05, 4.69) is 10.6 Å². The van der Waals surface area contributed by atoms with Crippen LogP contribution >= 0.6 is 0 Å². The van der Waals surface area contributed by atoms with Gasteiger partial charge in [0.25, 0.3) is 0 Å². The Hall–Kier alpha value is -3.42. The maximum Gasteiger partial charge on any atom is 0.322 e. The third kappa shape index (κ3) is 6.23. The molecule has 0 bridgehead atoms. The molecule has 0 heterocycles. The van der Waals surface area contributed by atoms with E-state index in [-0.39, 0.29) is 26.3 Å². The zero-order valence-corrected chi connectivity index (χ0v) is 14.0. The van der Waals surface area contributed by atoms with Crippen LogP contribution in [0.1, 0.15) is 0 Å². The molecule has 138 valence electrons. The summed E-state index contributed by atoms with van der Waals surface area (Å²) in [6.45, 7) is 0.0526. The summed E-state index contributed by atoms with van der Waals surface area (Å²) in [5, 5.41) is 23.0. The average Bonchev–Trinajstić information content (AvgIpc) is 2.63. The second-order valence-electron chi connectivity index (χ2n) is 5.18. The van der Waals surface area contributed by atoms with Gasteiger partial charge in [-0.25, -0.2) is 0 Å². The first-order valence-electron chi connectivity index (χ1n) is 7.91. The number of carbonyl (C=O) groups is 2. The quantitative estimate of drug-likeness (QED) is 0.450. The van der Waals surface area contributed by atoms with Crippen molar-refractivity contribution in [2.45, 2.75) is 0 Å². The number of carboxylic acid groups (broad SMARTS) is 2. The largest absolute Gasteiger partial charge is 0.488 e. The van der Waals surface area contributed by atoms with Gasteiger partial charge < -0.3 is 30.3 Å². The summed E-state index contributed by atoms with van der Waals surface area (Å²) < 4.78 is 11.3.